The van der Waals surface area contributed by atoms with Gasteiger partial charge in [-0.15, -0.1) is 0 Å². The van der Waals surface area contributed by atoms with E-state index in [9.17, 15) is 9.90 Å². The minimum absolute atomic E-state index is 0.385. The highest BCUT2D eigenvalue weighted by Crippen LogP contribution is 2.33. The van der Waals surface area contributed by atoms with Gasteiger partial charge < -0.3 is 10.0 Å². The lowest BCUT2D eigenvalue weighted by Gasteiger charge is -2.25. The smallest absolute Gasteiger partial charge is 0.411 e. The summed E-state index contributed by atoms with van der Waals surface area (Å²) in [5.74, 6) is 0.385. The van der Waals surface area contributed by atoms with Crippen LogP contribution in [0.4, 0.5) is 10.5 Å². The van der Waals surface area contributed by atoms with Crippen LogP contribution in [0, 0.1) is 12.8 Å². The molecule has 0 unspecified atom stereocenters. The maximum absolute atomic E-state index is 12.0. The number of carbonyl (C=O) groups is 1. The van der Waals surface area contributed by atoms with Gasteiger partial charge in [0.2, 0.25) is 0 Å². The van der Waals surface area contributed by atoms with Crippen LogP contribution in [-0.4, -0.2) is 42.8 Å². The molecule has 1 saturated heterocycles. The quantitative estimate of drug-likeness (QED) is 0.921. The van der Waals surface area contributed by atoms with Gasteiger partial charge in [-0.25, -0.2) is 4.79 Å². The fourth-order valence-corrected chi connectivity index (χ4v) is 3.45. The predicted molar refractivity (Wildman–Crippen MR) is 97.6 cm³/mol. The van der Waals surface area contributed by atoms with E-state index in [1.807, 2.05) is 49.4 Å². The molecule has 1 N–H and O–H groups in total. The van der Waals surface area contributed by atoms with Crippen molar-refractivity contribution in [1.82, 2.24) is 4.90 Å². The summed E-state index contributed by atoms with van der Waals surface area (Å²) in [6.45, 7) is 4.57. The number of hydrogen-bond acceptors (Lipinski definition) is 2. The summed E-state index contributed by atoms with van der Waals surface area (Å²) in [6.07, 6.45) is 0.165. The van der Waals surface area contributed by atoms with Gasteiger partial charge in [-0.3, -0.25) is 4.90 Å². The molecule has 1 heterocycles. The zero-order valence-electron chi connectivity index (χ0n) is 14.3. The number of amides is 1. The zero-order chi connectivity index (χ0) is 17.1. The second-order valence-corrected chi connectivity index (χ2v) is 6.70. The van der Waals surface area contributed by atoms with E-state index >= 15 is 0 Å². The molecule has 2 aromatic rings. The summed E-state index contributed by atoms with van der Waals surface area (Å²) in [4.78, 5) is 15.7. The molecule has 1 fully saturated rings. The molecule has 0 saturated carbocycles. The van der Waals surface area contributed by atoms with Crippen LogP contribution in [0.1, 0.15) is 12.0 Å². The van der Waals surface area contributed by atoms with E-state index in [1.54, 1.807) is 0 Å². The van der Waals surface area contributed by atoms with Crippen LogP contribution in [-0.2, 0) is 0 Å². The van der Waals surface area contributed by atoms with E-state index in [4.69, 9.17) is 0 Å². The van der Waals surface area contributed by atoms with Crippen molar-refractivity contribution in [2.24, 2.45) is 5.92 Å². The van der Waals surface area contributed by atoms with E-state index in [-0.39, 0.29) is 0 Å². The van der Waals surface area contributed by atoms with E-state index in [1.165, 1.54) is 4.90 Å². The Hall–Kier alpha value is -2.33. The Morgan fingerprint density at radius 3 is 2.62 bits per heavy atom. The van der Waals surface area contributed by atoms with Crippen LogP contribution in [0.2, 0.25) is 0 Å². The minimum Gasteiger partial charge on any atom is -0.465 e. The molecule has 4 heteroatoms. The molecule has 0 bridgehead atoms. The SMILES string of the molecule is Cc1ccc(N(C[C@@H]2CCN(C)C2)C(=O)O)c(-c2ccccc2)c1. The number of carboxylic acid groups (broad SMARTS) is 1. The van der Waals surface area contributed by atoms with Crippen molar-refractivity contribution < 1.29 is 9.90 Å². The summed E-state index contributed by atoms with van der Waals surface area (Å²) in [7, 11) is 2.09. The lowest BCUT2D eigenvalue weighted by molar-refractivity contribution is 0.200. The number of hydrogen-bond donors (Lipinski definition) is 1. The fourth-order valence-electron chi connectivity index (χ4n) is 3.45. The Morgan fingerprint density at radius 2 is 2.00 bits per heavy atom. The third-order valence-electron chi connectivity index (χ3n) is 4.69. The molecule has 0 spiro atoms. The molecule has 3 rings (SSSR count). The summed E-state index contributed by atoms with van der Waals surface area (Å²) in [6, 6.07) is 16.0. The molecule has 1 aliphatic heterocycles. The first-order chi connectivity index (χ1) is 11.5. The third-order valence-corrected chi connectivity index (χ3v) is 4.69. The van der Waals surface area contributed by atoms with Crippen LogP contribution < -0.4 is 4.90 Å². The number of anilines is 1. The van der Waals surface area contributed by atoms with Crippen molar-refractivity contribution in [2.75, 3.05) is 31.6 Å². The average molecular weight is 324 g/mol. The number of likely N-dealkylation sites (tertiary alicyclic amines) is 1. The van der Waals surface area contributed by atoms with Crippen molar-refractivity contribution in [3.63, 3.8) is 0 Å². The molecule has 1 aliphatic rings. The lowest BCUT2D eigenvalue weighted by Crippen LogP contribution is -2.35. The largest absolute Gasteiger partial charge is 0.465 e. The maximum Gasteiger partial charge on any atom is 0.411 e. The van der Waals surface area contributed by atoms with Crippen LogP contribution in [0.15, 0.2) is 48.5 Å². The topological polar surface area (TPSA) is 43.8 Å². The Kier molecular flexibility index (Phi) is 4.86. The van der Waals surface area contributed by atoms with Gasteiger partial charge in [-0.05, 0) is 50.6 Å². The minimum atomic E-state index is -0.884. The number of aryl methyl sites for hydroxylation is 1. The Bertz CT molecular complexity index is 715. The standard InChI is InChI=1S/C20H24N2O2/c1-15-8-9-19(18(12-15)17-6-4-3-5-7-17)22(20(23)24)14-16-10-11-21(2)13-16/h3-9,12,16H,10-11,13-14H2,1-2H3,(H,23,24)/t16-/m1/s1. The van der Waals surface area contributed by atoms with Gasteiger partial charge in [-0.2, -0.15) is 0 Å². The summed E-state index contributed by atoms with van der Waals surface area (Å²) in [5.41, 5.74) is 3.92. The van der Waals surface area contributed by atoms with Crippen LogP contribution in [0.3, 0.4) is 0 Å². The molecule has 4 nitrogen and oxygen atoms in total. The Labute approximate surface area is 143 Å². The van der Waals surface area contributed by atoms with E-state index in [0.717, 1.165) is 41.9 Å². The maximum atomic E-state index is 12.0. The van der Waals surface area contributed by atoms with Gasteiger partial charge in [0.05, 0.1) is 5.69 Å². The molecule has 126 valence electrons. The molecule has 2 aromatic carbocycles. The van der Waals surface area contributed by atoms with Crippen molar-refractivity contribution in [2.45, 2.75) is 13.3 Å². The zero-order valence-corrected chi connectivity index (χ0v) is 14.3. The van der Waals surface area contributed by atoms with Gasteiger partial charge in [0.1, 0.15) is 0 Å². The fraction of sp³-hybridized carbons (Fsp3) is 0.350. The molecule has 24 heavy (non-hydrogen) atoms. The average Bonchev–Trinajstić information content (AvgIpc) is 2.99. The van der Waals surface area contributed by atoms with Gasteiger partial charge in [-0.1, -0.05) is 42.0 Å². The van der Waals surface area contributed by atoms with Crippen molar-refractivity contribution >= 4 is 11.8 Å². The Morgan fingerprint density at radius 1 is 1.25 bits per heavy atom. The molecule has 0 radical (unpaired) electrons. The first-order valence-corrected chi connectivity index (χ1v) is 8.39. The van der Waals surface area contributed by atoms with E-state index in [0.29, 0.717) is 12.5 Å². The Balaban J connectivity index is 1.97. The molecule has 1 atom stereocenters. The molecule has 0 aliphatic carbocycles. The lowest BCUT2D eigenvalue weighted by atomic mass is 9.99. The first kappa shape index (κ1) is 16.5. The monoisotopic (exact) mass is 324 g/mol. The van der Waals surface area contributed by atoms with Crippen LogP contribution in [0.25, 0.3) is 11.1 Å². The highest BCUT2D eigenvalue weighted by atomic mass is 16.4. The van der Waals surface area contributed by atoms with E-state index in [2.05, 4.69) is 18.0 Å². The second-order valence-electron chi connectivity index (χ2n) is 6.70. The second kappa shape index (κ2) is 7.05. The van der Waals surface area contributed by atoms with Crippen molar-refractivity contribution in [3.8, 4) is 11.1 Å². The van der Waals surface area contributed by atoms with Gasteiger partial charge in [0.15, 0.2) is 0 Å². The first-order valence-electron chi connectivity index (χ1n) is 8.39. The highest BCUT2D eigenvalue weighted by Gasteiger charge is 2.26. The van der Waals surface area contributed by atoms with Gasteiger partial charge in [0.25, 0.3) is 0 Å². The van der Waals surface area contributed by atoms with E-state index < -0.39 is 6.09 Å². The van der Waals surface area contributed by atoms with Gasteiger partial charge >= 0.3 is 6.09 Å². The number of benzene rings is 2. The van der Waals surface area contributed by atoms with Gasteiger partial charge in [0, 0.05) is 18.7 Å². The molecule has 0 aromatic heterocycles. The molecular weight excluding hydrogens is 300 g/mol. The third kappa shape index (κ3) is 3.60. The van der Waals surface area contributed by atoms with Crippen LogP contribution in [0.5, 0.6) is 0 Å². The highest BCUT2D eigenvalue weighted by molar-refractivity contribution is 5.93. The molecular formula is C20H24N2O2. The summed E-state index contributed by atoms with van der Waals surface area (Å²) < 4.78 is 0. The van der Waals surface area contributed by atoms with Crippen molar-refractivity contribution in [3.05, 3.63) is 54.1 Å². The van der Waals surface area contributed by atoms with Crippen molar-refractivity contribution in [1.29, 1.82) is 0 Å². The number of rotatable bonds is 4. The van der Waals surface area contributed by atoms with Crippen LogP contribution >= 0.6 is 0 Å². The summed E-state index contributed by atoms with van der Waals surface area (Å²) in [5, 5.41) is 9.81. The predicted octanol–water partition coefficient (Wildman–Crippen LogP) is 4.10. The number of nitrogens with zero attached hydrogens (tertiary/aromatic N) is 2. The molecule has 1 amide bonds. The normalized spacial score (nSPS) is 17.8. The summed E-state index contributed by atoms with van der Waals surface area (Å²) >= 11 is 0.